The van der Waals surface area contributed by atoms with Gasteiger partial charge in [-0.2, -0.15) is 0 Å². The molecule has 0 N–H and O–H groups in total. The molecule has 1 aromatic carbocycles. The Hall–Kier alpha value is -2.18. The summed E-state index contributed by atoms with van der Waals surface area (Å²) in [4.78, 5) is 25.4. The molecule has 0 radical (unpaired) electrons. The van der Waals surface area contributed by atoms with Crippen LogP contribution in [0.1, 0.15) is 32.8 Å². The molecule has 5 nitrogen and oxygen atoms in total. The number of carbonyl (C=O) groups is 2. The molecule has 1 aromatic rings. The van der Waals surface area contributed by atoms with E-state index in [-0.39, 0.29) is 13.2 Å². The maximum atomic E-state index is 14.1. The number of hydrogen-bond acceptors (Lipinski definition) is 4. The molecule has 1 aliphatic heterocycles. The van der Waals surface area contributed by atoms with E-state index < -0.39 is 42.5 Å². The standard InChI is InChI=1S/C18H23F2NO4/c1-17(2,3)25-15(22)14-11-21(10-9-18(14,19)20)16(23)24-12-13-7-5-4-6-8-13/h4-8,14H,9-12H2,1-3H3. The molecule has 0 saturated carbocycles. The second-order valence-corrected chi connectivity index (χ2v) is 7.08. The Balaban J connectivity index is 1.98. The molecule has 0 aromatic heterocycles. The highest BCUT2D eigenvalue weighted by Gasteiger charge is 2.51. The molecule has 1 heterocycles. The molecular weight excluding hydrogens is 332 g/mol. The van der Waals surface area contributed by atoms with E-state index in [1.807, 2.05) is 18.2 Å². The lowest BCUT2D eigenvalue weighted by Crippen LogP contribution is -2.53. The first-order chi connectivity index (χ1) is 11.6. The minimum Gasteiger partial charge on any atom is -0.460 e. The Morgan fingerprint density at radius 1 is 1.24 bits per heavy atom. The molecule has 7 heteroatoms. The molecule has 2 rings (SSSR count). The lowest BCUT2D eigenvalue weighted by Gasteiger charge is -2.37. The number of rotatable bonds is 3. The lowest BCUT2D eigenvalue weighted by atomic mass is 9.93. The average molecular weight is 355 g/mol. The summed E-state index contributed by atoms with van der Waals surface area (Å²) in [6.07, 6.45) is -1.31. The van der Waals surface area contributed by atoms with Crippen LogP contribution in [-0.4, -0.2) is 41.6 Å². The molecule has 0 spiro atoms. The first-order valence-corrected chi connectivity index (χ1v) is 8.15. The predicted molar refractivity (Wildman–Crippen MR) is 87.1 cm³/mol. The Morgan fingerprint density at radius 3 is 2.48 bits per heavy atom. The second kappa shape index (κ2) is 7.37. The zero-order chi connectivity index (χ0) is 18.7. The number of nitrogens with zero attached hydrogens (tertiary/aromatic N) is 1. The molecule has 1 saturated heterocycles. The third kappa shape index (κ3) is 5.41. The van der Waals surface area contributed by atoms with E-state index in [9.17, 15) is 18.4 Å². The number of benzene rings is 1. The topological polar surface area (TPSA) is 55.8 Å². The number of alkyl halides is 2. The SMILES string of the molecule is CC(C)(C)OC(=O)C1CN(C(=O)OCc2ccccc2)CCC1(F)F. The van der Waals surface area contributed by atoms with Crippen molar-refractivity contribution in [3.8, 4) is 0 Å². The number of ether oxygens (including phenoxy) is 2. The number of esters is 1. The van der Waals surface area contributed by atoms with Crippen LogP contribution in [0, 0.1) is 5.92 Å². The number of amides is 1. The van der Waals surface area contributed by atoms with Gasteiger partial charge in [0.2, 0.25) is 0 Å². The van der Waals surface area contributed by atoms with Crippen LogP contribution in [0.5, 0.6) is 0 Å². The van der Waals surface area contributed by atoms with E-state index in [2.05, 4.69) is 0 Å². The smallest absolute Gasteiger partial charge is 0.410 e. The van der Waals surface area contributed by atoms with Crippen LogP contribution in [0.25, 0.3) is 0 Å². The van der Waals surface area contributed by atoms with Gasteiger partial charge in [-0.05, 0) is 26.3 Å². The van der Waals surface area contributed by atoms with Gasteiger partial charge in [-0.3, -0.25) is 4.79 Å². The molecular formula is C18H23F2NO4. The number of piperidine rings is 1. The fraction of sp³-hybridized carbons (Fsp3) is 0.556. The van der Waals surface area contributed by atoms with Crippen LogP contribution in [0.2, 0.25) is 0 Å². The van der Waals surface area contributed by atoms with Gasteiger partial charge in [0.25, 0.3) is 5.92 Å². The molecule has 1 aliphatic rings. The van der Waals surface area contributed by atoms with E-state index in [1.165, 1.54) is 0 Å². The van der Waals surface area contributed by atoms with Crippen molar-refractivity contribution < 1.29 is 27.8 Å². The van der Waals surface area contributed by atoms with Crippen LogP contribution < -0.4 is 0 Å². The molecule has 1 atom stereocenters. The molecule has 1 fully saturated rings. The van der Waals surface area contributed by atoms with E-state index in [4.69, 9.17) is 9.47 Å². The van der Waals surface area contributed by atoms with Crippen LogP contribution in [0.3, 0.4) is 0 Å². The van der Waals surface area contributed by atoms with Gasteiger partial charge in [0.1, 0.15) is 18.1 Å². The van der Waals surface area contributed by atoms with E-state index >= 15 is 0 Å². The van der Waals surface area contributed by atoms with Crippen molar-refractivity contribution in [2.75, 3.05) is 13.1 Å². The van der Waals surface area contributed by atoms with E-state index in [1.54, 1.807) is 32.9 Å². The molecule has 0 bridgehead atoms. The largest absolute Gasteiger partial charge is 0.460 e. The summed E-state index contributed by atoms with van der Waals surface area (Å²) >= 11 is 0. The number of carbonyl (C=O) groups excluding carboxylic acids is 2. The summed E-state index contributed by atoms with van der Waals surface area (Å²) in [5.41, 5.74) is -0.0784. The van der Waals surface area contributed by atoms with Crippen LogP contribution >= 0.6 is 0 Å². The second-order valence-electron chi connectivity index (χ2n) is 7.08. The van der Waals surface area contributed by atoms with Crippen molar-refractivity contribution in [3.63, 3.8) is 0 Å². The summed E-state index contributed by atoms with van der Waals surface area (Å²) in [5.74, 6) is -5.90. The quantitative estimate of drug-likeness (QED) is 0.777. The van der Waals surface area contributed by atoms with Gasteiger partial charge in [-0.1, -0.05) is 30.3 Å². The van der Waals surface area contributed by atoms with Gasteiger partial charge in [0, 0.05) is 19.5 Å². The van der Waals surface area contributed by atoms with Gasteiger partial charge < -0.3 is 14.4 Å². The van der Waals surface area contributed by atoms with Crippen molar-refractivity contribution in [3.05, 3.63) is 35.9 Å². The summed E-state index contributed by atoms with van der Waals surface area (Å²) < 4.78 is 38.4. The van der Waals surface area contributed by atoms with Crippen LogP contribution in [0.4, 0.5) is 13.6 Å². The minimum absolute atomic E-state index is 0.0453. The minimum atomic E-state index is -3.21. The highest BCUT2D eigenvalue weighted by Crippen LogP contribution is 2.35. The van der Waals surface area contributed by atoms with Gasteiger partial charge >= 0.3 is 12.1 Å². The Bertz CT molecular complexity index is 613. The lowest BCUT2D eigenvalue weighted by molar-refractivity contribution is -0.181. The molecule has 1 unspecified atom stereocenters. The Labute approximate surface area is 145 Å². The third-order valence-corrected chi connectivity index (χ3v) is 3.78. The van der Waals surface area contributed by atoms with E-state index in [0.29, 0.717) is 0 Å². The highest BCUT2D eigenvalue weighted by molar-refractivity contribution is 5.76. The Morgan fingerprint density at radius 2 is 1.88 bits per heavy atom. The predicted octanol–water partition coefficient (Wildman–Crippen LogP) is 3.62. The first-order valence-electron chi connectivity index (χ1n) is 8.15. The maximum absolute atomic E-state index is 14.1. The van der Waals surface area contributed by atoms with E-state index in [0.717, 1.165) is 10.5 Å². The monoisotopic (exact) mass is 355 g/mol. The first kappa shape index (κ1) is 19.1. The molecule has 25 heavy (non-hydrogen) atoms. The Kier molecular flexibility index (Phi) is 5.65. The molecule has 138 valence electrons. The zero-order valence-electron chi connectivity index (χ0n) is 14.6. The van der Waals surface area contributed by atoms with Crippen molar-refractivity contribution in [2.24, 2.45) is 5.92 Å². The maximum Gasteiger partial charge on any atom is 0.410 e. The zero-order valence-corrected chi connectivity index (χ0v) is 14.6. The summed E-state index contributed by atoms with van der Waals surface area (Å²) in [5, 5.41) is 0. The van der Waals surface area contributed by atoms with Crippen LogP contribution in [0.15, 0.2) is 30.3 Å². The van der Waals surface area contributed by atoms with Gasteiger partial charge in [-0.25, -0.2) is 13.6 Å². The number of hydrogen-bond donors (Lipinski definition) is 0. The fourth-order valence-electron chi connectivity index (χ4n) is 2.50. The van der Waals surface area contributed by atoms with Crippen molar-refractivity contribution in [2.45, 2.75) is 45.3 Å². The molecule has 1 amide bonds. The van der Waals surface area contributed by atoms with Gasteiger partial charge in [0.15, 0.2) is 0 Å². The summed E-state index contributed by atoms with van der Waals surface area (Å²) in [6.45, 7) is 4.28. The average Bonchev–Trinajstić information content (AvgIpc) is 2.51. The third-order valence-electron chi connectivity index (χ3n) is 3.78. The number of likely N-dealkylation sites (tertiary alicyclic amines) is 1. The van der Waals surface area contributed by atoms with Crippen molar-refractivity contribution >= 4 is 12.1 Å². The van der Waals surface area contributed by atoms with Crippen LogP contribution in [-0.2, 0) is 20.9 Å². The van der Waals surface area contributed by atoms with Gasteiger partial charge in [0.05, 0.1) is 0 Å². The summed E-state index contributed by atoms with van der Waals surface area (Å²) in [6, 6.07) is 9.04. The number of halogens is 2. The highest BCUT2D eigenvalue weighted by atomic mass is 19.3. The summed E-state index contributed by atoms with van der Waals surface area (Å²) in [7, 11) is 0. The normalized spacial score (nSPS) is 20.0. The van der Waals surface area contributed by atoms with Gasteiger partial charge in [-0.15, -0.1) is 0 Å². The fourth-order valence-corrected chi connectivity index (χ4v) is 2.50. The van der Waals surface area contributed by atoms with Crippen molar-refractivity contribution in [1.29, 1.82) is 0 Å². The molecule has 0 aliphatic carbocycles. The van der Waals surface area contributed by atoms with Crippen molar-refractivity contribution in [1.82, 2.24) is 4.90 Å².